The first-order valence-corrected chi connectivity index (χ1v) is 12.5. The maximum atomic E-state index is 11.2. The van der Waals surface area contributed by atoms with Gasteiger partial charge in [0, 0.05) is 54.3 Å². The van der Waals surface area contributed by atoms with Crippen LogP contribution in [-0.2, 0) is 6.54 Å². The molecule has 8 heteroatoms. The van der Waals surface area contributed by atoms with Crippen LogP contribution >= 0.6 is 0 Å². The predicted molar refractivity (Wildman–Crippen MR) is 132 cm³/mol. The van der Waals surface area contributed by atoms with E-state index in [1.165, 1.54) is 12.8 Å². The third kappa shape index (κ3) is 4.53. The summed E-state index contributed by atoms with van der Waals surface area (Å²) in [6.45, 7) is 2.50. The Hall–Kier alpha value is -2.94. The Kier molecular flexibility index (Phi) is 6.18. The van der Waals surface area contributed by atoms with E-state index in [-0.39, 0.29) is 0 Å². The third-order valence-electron chi connectivity index (χ3n) is 7.62. The molecule has 2 N–H and O–H groups in total. The smallest absolute Gasteiger partial charge is 0.213 e. The zero-order valence-corrected chi connectivity index (χ0v) is 20.0. The number of nitrogens with one attached hydrogen (secondary N) is 1. The summed E-state index contributed by atoms with van der Waals surface area (Å²) in [6.07, 6.45) is 5.69. The maximum Gasteiger partial charge on any atom is 0.213 e. The Balaban J connectivity index is 1.10. The highest BCUT2D eigenvalue weighted by molar-refractivity contribution is 5.82. The quantitative estimate of drug-likeness (QED) is 0.537. The molecule has 3 unspecified atom stereocenters. The normalized spacial score (nSPS) is 24.5. The molecule has 3 atom stereocenters. The van der Waals surface area contributed by atoms with Gasteiger partial charge in [0.25, 0.3) is 0 Å². The summed E-state index contributed by atoms with van der Waals surface area (Å²) < 4.78 is 16.6. The number of piperidine rings is 1. The van der Waals surface area contributed by atoms with Gasteiger partial charge in [0.15, 0.2) is 11.5 Å². The van der Waals surface area contributed by atoms with Gasteiger partial charge in [-0.15, -0.1) is 0 Å². The lowest BCUT2D eigenvalue weighted by atomic mass is 9.95. The van der Waals surface area contributed by atoms with E-state index < -0.39 is 6.10 Å². The molecule has 1 aromatic carbocycles. The van der Waals surface area contributed by atoms with Gasteiger partial charge in [-0.25, -0.2) is 4.98 Å². The second-order valence-corrected chi connectivity index (χ2v) is 9.74. The molecule has 5 heterocycles. The van der Waals surface area contributed by atoms with Crippen molar-refractivity contribution >= 4 is 10.9 Å². The van der Waals surface area contributed by atoms with E-state index >= 15 is 0 Å². The van der Waals surface area contributed by atoms with Gasteiger partial charge in [0.05, 0.1) is 30.6 Å². The zero-order chi connectivity index (χ0) is 23.8. The summed E-state index contributed by atoms with van der Waals surface area (Å²) >= 11 is 0. The second-order valence-electron chi connectivity index (χ2n) is 9.74. The second kappa shape index (κ2) is 9.60. The number of benzene rings is 1. The molecule has 8 nitrogen and oxygen atoms in total. The molecule has 0 amide bonds. The van der Waals surface area contributed by atoms with Gasteiger partial charge in [-0.05, 0) is 31.7 Å². The van der Waals surface area contributed by atoms with Crippen LogP contribution < -0.4 is 19.5 Å². The Bertz CT molecular complexity index is 1190. The highest BCUT2D eigenvalue weighted by Gasteiger charge is 2.41. The number of rotatable bonds is 7. The average Bonchev–Trinajstić information content (AvgIpc) is 3.12. The number of nitrogens with zero attached hydrogens (tertiary/aromatic N) is 3. The van der Waals surface area contributed by atoms with Crippen LogP contribution in [-0.4, -0.2) is 65.0 Å². The van der Waals surface area contributed by atoms with Crippen molar-refractivity contribution in [1.82, 2.24) is 20.2 Å². The minimum absolute atomic E-state index is 0.444. The lowest BCUT2D eigenvalue weighted by Crippen LogP contribution is -2.50. The molecule has 184 valence electrons. The fraction of sp³-hybridized carbons (Fsp3) is 0.481. The molecular formula is C27H32N4O4. The van der Waals surface area contributed by atoms with Gasteiger partial charge in [0.2, 0.25) is 5.88 Å². The van der Waals surface area contributed by atoms with Crippen molar-refractivity contribution in [2.24, 2.45) is 0 Å². The molecule has 0 radical (unpaired) electrons. The lowest BCUT2D eigenvalue weighted by Gasteiger charge is -2.40. The minimum atomic E-state index is -0.590. The van der Waals surface area contributed by atoms with Gasteiger partial charge in [-0.1, -0.05) is 18.2 Å². The van der Waals surface area contributed by atoms with Crippen molar-refractivity contribution in [3.63, 3.8) is 0 Å². The predicted octanol–water partition coefficient (Wildman–Crippen LogP) is 3.23. The summed E-state index contributed by atoms with van der Waals surface area (Å²) in [5, 5.41) is 16.0. The van der Waals surface area contributed by atoms with Crippen LogP contribution in [0, 0.1) is 0 Å². The molecule has 3 aliphatic heterocycles. The number of methoxy groups -OCH3 is 1. The van der Waals surface area contributed by atoms with Crippen LogP contribution in [0.3, 0.4) is 0 Å². The Morgan fingerprint density at radius 1 is 1.11 bits per heavy atom. The van der Waals surface area contributed by atoms with Gasteiger partial charge in [-0.2, -0.15) is 0 Å². The Morgan fingerprint density at radius 2 is 1.91 bits per heavy atom. The molecule has 0 spiro atoms. The number of pyridine rings is 2. The lowest BCUT2D eigenvalue weighted by molar-refractivity contribution is 0.0521. The van der Waals surface area contributed by atoms with Crippen molar-refractivity contribution in [1.29, 1.82) is 0 Å². The molecule has 2 aromatic heterocycles. The molecular weight excluding hydrogens is 444 g/mol. The van der Waals surface area contributed by atoms with E-state index in [0.29, 0.717) is 50.3 Å². The van der Waals surface area contributed by atoms with Crippen LogP contribution in [0.1, 0.15) is 43.0 Å². The van der Waals surface area contributed by atoms with E-state index in [9.17, 15) is 5.11 Å². The average molecular weight is 477 g/mol. The molecule has 2 bridgehead atoms. The highest BCUT2D eigenvalue weighted by Crippen LogP contribution is 2.38. The van der Waals surface area contributed by atoms with E-state index in [4.69, 9.17) is 14.2 Å². The molecule has 2 fully saturated rings. The van der Waals surface area contributed by atoms with E-state index in [0.717, 1.165) is 46.5 Å². The third-order valence-corrected chi connectivity index (χ3v) is 7.62. The fourth-order valence-corrected chi connectivity index (χ4v) is 5.91. The summed E-state index contributed by atoms with van der Waals surface area (Å²) in [5.41, 5.74) is 2.65. The number of aromatic nitrogens is 2. The number of fused-ring (bicyclic) bond motifs is 4. The number of ether oxygens (including phenoxy) is 3. The number of aliphatic hydroxyl groups excluding tert-OH is 1. The number of hydrogen-bond donors (Lipinski definition) is 2. The molecule has 0 aliphatic carbocycles. The monoisotopic (exact) mass is 476 g/mol. The van der Waals surface area contributed by atoms with E-state index in [1.54, 1.807) is 13.3 Å². The summed E-state index contributed by atoms with van der Waals surface area (Å²) in [5.74, 6) is 2.08. The van der Waals surface area contributed by atoms with Gasteiger partial charge in [-0.3, -0.25) is 9.88 Å². The Labute approximate surface area is 205 Å². The molecule has 3 aromatic rings. The first-order valence-electron chi connectivity index (χ1n) is 12.5. The first-order chi connectivity index (χ1) is 17.2. The summed E-state index contributed by atoms with van der Waals surface area (Å²) in [7, 11) is 1.62. The van der Waals surface area contributed by atoms with Crippen LogP contribution in [0.5, 0.6) is 17.4 Å². The molecule has 3 aliphatic rings. The first kappa shape index (κ1) is 22.5. The molecule has 0 saturated carbocycles. The number of hydrogen-bond acceptors (Lipinski definition) is 8. The van der Waals surface area contributed by atoms with Crippen LogP contribution in [0.4, 0.5) is 0 Å². The zero-order valence-electron chi connectivity index (χ0n) is 20.0. The molecule has 35 heavy (non-hydrogen) atoms. The SMILES string of the molecule is COc1ccc2cccc(C(O)CN3C4CCC3CC(NCc3cc5c(cn3)OCCO5)C4)c2n1. The van der Waals surface area contributed by atoms with E-state index in [1.807, 2.05) is 36.4 Å². The van der Waals surface area contributed by atoms with Crippen molar-refractivity contribution in [3.05, 3.63) is 53.9 Å². The highest BCUT2D eigenvalue weighted by atomic mass is 16.6. The topological polar surface area (TPSA) is 89.0 Å². The van der Waals surface area contributed by atoms with Gasteiger partial charge in [0.1, 0.15) is 13.2 Å². The largest absolute Gasteiger partial charge is 0.486 e. The molecule has 2 saturated heterocycles. The van der Waals surface area contributed by atoms with Crippen LogP contribution in [0.2, 0.25) is 0 Å². The minimum Gasteiger partial charge on any atom is -0.486 e. The van der Waals surface area contributed by atoms with Crippen molar-refractivity contribution in [2.45, 2.75) is 56.5 Å². The fourth-order valence-electron chi connectivity index (χ4n) is 5.91. The van der Waals surface area contributed by atoms with Crippen LogP contribution in [0.15, 0.2) is 42.6 Å². The van der Waals surface area contributed by atoms with Gasteiger partial charge >= 0.3 is 0 Å². The Morgan fingerprint density at radius 3 is 2.71 bits per heavy atom. The van der Waals surface area contributed by atoms with Crippen molar-refractivity contribution in [2.75, 3.05) is 26.9 Å². The summed E-state index contributed by atoms with van der Waals surface area (Å²) in [6, 6.07) is 13.2. The van der Waals surface area contributed by atoms with Crippen molar-refractivity contribution in [3.8, 4) is 17.4 Å². The molecule has 6 rings (SSSR count). The van der Waals surface area contributed by atoms with Crippen molar-refractivity contribution < 1.29 is 19.3 Å². The van der Waals surface area contributed by atoms with E-state index in [2.05, 4.69) is 20.2 Å². The van der Waals surface area contributed by atoms with Crippen LogP contribution in [0.25, 0.3) is 10.9 Å². The number of aliphatic hydroxyl groups is 1. The standard InChI is InChI=1S/C27H32N4O4/c1-33-26-8-5-17-3-2-4-22(27(17)30-26)23(32)16-31-20-6-7-21(31)12-18(11-20)28-14-19-13-24-25(15-29-19)35-10-9-34-24/h2-5,8,13,15,18,20-21,23,28,32H,6-7,9-12,14,16H2,1H3. The summed E-state index contributed by atoms with van der Waals surface area (Å²) in [4.78, 5) is 11.7. The maximum absolute atomic E-state index is 11.2. The van der Waals surface area contributed by atoms with Gasteiger partial charge < -0.3 is 24.6 Å². The number of para-hydroxylation sites is 1.